The van der Waals surface area contributed by atoms with Crippen LogP contribution >= 0.6 is 15.9 Å². The molecule has 1 unspecified atom stereocenters. The van der Waals surface area contributed by atoms with Gasteiger partial charge >= 0.3 is 0 Å². The van der Waals surface area contributed by atoms with Crippen molar-refractivity contribution < 1.29 is 19.0 Å². The minimum Gasteiger partial charge on any atom is -0.495 e. The minimum atomic E-state index is -0.348. The Balaban J connectivity index is 2.37. The average molecular weight is 315 g/mol. The van der Waals surface area contributed by atoms with Crippen LogP contribution in [0.1, 0.15) is 23.2 Å². The van der Waals surface area contributed by atoms with E-state index in [0.29, 0.717) is 28.1 Å². The van der Waals surface area contributed by atoms with Crippen LogP contribution in [-0.2, 0) is 4.74 Å². The van der Waals surface area contributed by atoms with E-state index in [2.05, 4.69) is 15.9 Å². The van der Waals surface area contributed by atoms with Crippen molar-refractivity contribution in [2.24, 2.45) is 0 Å². The molecule has 1 aliphatic heterocycles. The SMILES string of the molecule is COc1ccc(C(=O)C2CCCO2)c(OC)c1Br. The molecule has 1 aromatic carbocycles. The molecule has 0 N–H and O–H groups in total. The first-order valence-electron chi connectivity index (χ1n) is 5.75. The van der Waals surface area contributed by atoms with Crippen molar-refractivity contribution >= 4 is 21.7 Å². The van der Waals surface area contributed by atoms with Gasteiger partial charge in [0.05, 0.1) is 19.8 Å². The summed E-state index contributed by atoms with van der Waals surface area (Å²) < 4.78 is 16.5. The van der Waals surface area contributed by atoms with Crippen LogP contribution in [0.2, 0.25) is 0 Å². The van der Waals surface area contributed by atoms with Crippen molar-refractivity contribution in [2.75, 3.05) is 20.8 Å². The summed E-state index contributed by atoms with van der Waals surface area (Å²) in [6.45, 7) is 0.649. The number of hydrogen-bond acceptors (Lipinski definition) is 4. The normalized spacial score (nSPS) is 18.7. The lowest BCUT2D eigenvalue weighted by molar-refractivity contribution is 0.0640. The smallest absolute Gasteiger partial charge is 0.195 e. The Morgan fingerprint density at radius 1 is 1.39 bits per heavy atom. The molecule has 0 radical (unpaired) electrons. The van der Waals surface area contributed by atoms with Crippen molar-refractivity contribution in [2.45, 2.75) is 18.9 Å². The topological polar surface area (TPSA) is 44.8 Å². The lowest BCUT2D eigenvalue weighted by atomic mass is 10.0. The first-order chi connectivity index (χ1) is 8.69. The first-order valence-corrected chi connectivity index (χ1v) is 6.54. The number of carbonyl (C=O) groups is 1. The lowest BCUT2D eigenvalue weighted by Gasteiger charge is -2.15. The Hall–Kier alpha value is -1.07. The fraction of sp³-hybridized carbons (Fsp3) is 0.462. The van der Waals surface area contributed by atoms with Gasteiger partial charge in [0.2, 0.25) is 0 Å². The Morgan fingerprint density at radius 2 is 2.17 bits per heavy atom. The number of halogens is 1. The van der Waals surface area contributed by atoms with Crippen molar-refractivity contribution in [1.29, 1.82) is 0 Å². The molecule has 18 heavy (non-hydrogen) atoms. The summed E-state index contributed by atoms with van der Waals surface area (Å²) in [5, 5.41) is 0. The van der Waals surface area contributed by atoms with Crippen molar-refractivity contribution in [3.05, 3.63) is 22.2 Å². The van der Waals surface area contributed by atoms with Crippen LogP contribution in [0.3, 0.4) is 0 Å². The third kappa shape index (κ3) is 2.37. The van der Waals surface area contributed by atoms with Crippen molar-refractivity contribution in [1.82, 2.24) is 0 Å². The number of ketones is 1. The highest BCUT2D eigenvalue weighted by atomic mass is 79.9. The molecule has 0 saturated carbocycles. The van der Waals surface area contributed by atoms with Crippen LogP contribution in [0, 0.1) is 0 Å². The zero-order valence-electron chi connectivity index (χ0n) is 10.4. The maximum Gasteiger partial charge on any atom is 0.195 e. The van der Waals surface area contributed by atoms with E-state index < -0.39 is 0 Å². The molecule has 0 aliphatic carbocycles. The number of ether oxygens (including phenoxy) is 3. The predicted octanol–water partition coefficient (Wildman–Crippen LogP) is 2.83. The number of carbonyl (C=O) groups excluding carboxylic acids is 1. The van der Waals surface area contributed by atoms with Gasteiger partial charge in [-0.1, -0.05) is 0 Å². The van der Waals surface area contributed by atoms with E-state index in [1.54, 1.807) is 19.2 Å². The summed E-state index contributed by atoms with van der Waals surface area (Å²) in [4.78, 5) is 12.3. The van der Waals surface area contributed by atoms with Gasteiger partial charge in [-0.05, 0) is 40.9 Å². The molecule has 1 fully saturated rings. The summed E-state index contributed by atoms with van der Waals surface area (Å²) in [7, 11) is 3.10. The van der Waals surface area contributed by atoms with E-state index in [1.165, 1.54) is 7.11 Å². The van der Waals surface area contributed by atoms with E-state index in [0.717, 1.165) is 12.8 Å². The van der Waals surface area contributed by atoms with Gasteiger partial charge in [0.1, 0.15) is 22.1 Å². The Bertz CT molecular complexity index is 453. The maximum atomic E-state index is 12.3. The van der Waals surface area contributed by atoms with Crippen LogP contribution < -0.4 is 9.47 Å². The Morgan fingerprint density at radius 3 is 2.72 bits per heavy atom. The molecule has 1 heterocycles. The monoisotopic (exact) mass is 314 g/mol. The van der Waals surface area contributed by atoms with E-state index in [-0.39, 0.29) is 11.9 Å². The zero-order chi connectivity index (χ0) is 13.1. The van der Waals surface area contributed by atoms with E-state index in [4.69, 9.17) is 14.2 Å². The van der Waals surface area contributed by atoms with Crippen molar-refractivity contribution in [3.8, 4) is 11.5 Å². The quantitative estimate of drug-likeness (QED) is 0.802. The predicted molar refractivity (Wildman–Crippen MR) is 70.6 cm³/mol. The largest absolute Gasteiger partial charge is 0.495 e. The number of hydrogen-bond donors (Lipinski definition) is 0. The number of Topliss-reactive ketones (excluding diaryl/α,β-unsaturated/α-hetero) is 1. The zero-order valence-corrected chi connectivity index (χ0v) is 12.0. The van der Waals surface area contributed by atoms with Crippen LogP contribution in [0.4, 0.5) is 0 Å². The second-order valence-electron chi connectivity index (χ2n) is 4.03. The third-order valence-electron chi connectivity index (χ3n) is 2.97. The summed E-state index contributed by atoms with van der Waals surface area (Å²) >= 11 is 3.39. The van der Waals surface area contributed by atoms with E-state index in [1.807, 2.05) is 0 Å². The van der Waals surface area contributed by atoms with Crippen LogP contribution in [0.5, 0.6) is 11.5 Å². The summed E-state index contributed by atoms with van der Waals surface area (Å²) in [6.07, 6.45) is 1.35. The fourth-order valence-electron chi connectivity index (χ4n) is 2.05. The highest BCUT2D eigenvalue weighted by Crippen LogP contribution is 2.38. The summed E-state index contributed by atoms with van der Waals surface area (Å²) in [5.74, 6) is 1.10. The number of methoxy groups -OCH3 is 2. The Kier molecular flexibility index (Phi) is 4.24. The molecule has 0 amide bonds. The second kappa shape index (κ2) is 5.71. The van der Waals surface area contributed by atoms with Gasteiger partial charge in [0.25, 0.3) is 0 Å². The maximum absolute atomic E-state index is 12.3. The molecule has 2 rings (SSSR count). The first kappa shape index (κ1) is 13.4. The number of rotatable bonds is 4. The molecule has 0 spiro atoms. The summed E-state index contributed by atoms with van der Waals surface area (Å²) in [6, 6.07) is 3.46. The van der Waals surface area contributed by atoms with Crippen LogP contribution in [0.25, 0.3) is 0 Å². The molecular formula is C13H15BrO4. The molecule has 0 aromatic heterocycles. The highest BCUT2D eigenvalue weighted by molar-refractivity contribution is 9.10. The number of benzene rings is 1. The van der Waals surface area contributed by atoms with E-state index in [9.17, 15) is 4.79 Å². The summed E-state index contributed by atoms with van der Waals surface area (Å²) in [5.41, 5.74) is 0.525. The van der Waals surface area contributed by atoms with Gasteiger partial charge in [-0.2, -0.15) is 0 Å². The molecule has 1 aromatic rings. The van der Waals surface area contributed by atoms with Gasteiger partial charge < -0.3 is 14.2 Å². The lowest BCUT2D eigenvalue weighted by Crippen LogP contribution is -2.20. The van der Waals surface area contributed by atoms with Gasteiger partial charge in [-0.25, -0.2) is 0 Å². The fourth-order valence-corrected chi connectivity index (χ4v) is 2.72. The standard InChI is InChI=1S/C13H15BrO4/c1-16-9-6-5-8(13(17-2)11(9)14)12(15)10-4-3-7-18-10/h5-6,10H,3-4,7H2,1-2H3. The molecule has 0 bridgehead atoms. The third-order valence-corrected chi connectivity index (χ3v) is 3.72. The van der Waals surface area contributed by atoms with Gasteiger partial charge in [-0.15, -0.1) is 0 Å². The molecule has 4 nitrogen and oxygen atoms in total. The molecule has 1 atom stereocenters. The van der Waals surface area contributed by atoms with Crippen LogP contribution in [0.15, 0.2) is 16.6 Å². The van der Waals surface area contributed by atoms with Crippen molar-refractivity contribution in [3.63, 3.8) is 0 Å². The second-order valence-corrected chi connectivity index (χ2v) is 4.82. The highest BCUT2D eigenvalue weighted by Gasteiger charge is 2.28. The Labute approximate surface area is 114 Å². The van der Waals surface area contributed by atoms with Gasteiger partial charge in [0.15, 0.2) is 5.78 Å². The molecule has 5 heteroatoms. The molecule has 1 saturated heterocycles. The van der Waals surface area contributed by atoms with E-state index >= 15 is 0 Å². The van der Waals surface area contributed by atoms with Gasteiger partial charge in [0, 0.05) is 6.61 Å². The minimum absolute atomic E-state index is 0.0345. The molecule has 98 valence electrons. The van der Waals surface area contributed by atoms with Gasteiger partial charge in [-0.3, -0.25) is 4.79 Å². The molecular weight excluding hydrogens is 300 g/mol. The van der Waals surface area contributed by atoms with Crippen LogP contribution in [-0.4, -0.2) is 32.7 Å². The molecule has 1 aliphatic rings. The average Bonchev–Trinajstić information content (AvgIpc) is 2.91.